The van der Waals surface area contributed by atoms with Gasteiger partial charge in [-0.2, -0.15) is 17.6 Å². The van der Waals surface area contributed by atoms with E-state index in [2.05, 4.69) is 10.3 Å². The zero-order valence-corrected chi connectivity index (χ0v) is 22.0. The van der Waals surface area contributed by atoms with E-state index >= 15 is 0 Å². The highest BCUT2D eigenvalue weighted by atomic mass is 19.4. The monoisotopic (exact) mass is 556 g/mol. The minimum absolute atomic E-state index is 0.115. The molecule has 3 heterocycles. The lowest BCUT2D eigenvalue weighted by Crippen LogP contribution is -2.54. The number of amides is 2. The highest BCUT2D eigenvalue weighted by Gasteiger charge is 2.66. The van der Waals surface area contributed by atoms with Gasteiger partial charge in [0.15, 0.2) is 17.2 Å². The Morgan fingerprint density at radius 2 is 1.92 bits per heavy atom. The van der Waals surface area contributed by atoms with Gasteiger partial charge in [-0.15, -0.1) is 0 Å². The normalized spacial score (nSPS) is 28.1. The predicted molar refractivity (Wildman–Crippen MR) is 131 cm³/mol. The molecule has 1 aromatic heterocycles. The fourth-order valence-corrected chi connectivity index (χ4v) is 5.43. The van der Waals surface area contributed by atoms with E-state index in [-0.39, 0.29) is 29.7 Å². The van der Waals surface area contributed by atoms with Gasteiger partial charge in [-0.3, -0.25) is 19.5 Å². The van der Waals surface area contributed by atoms with E-state index in [1.54, 1.807) is 0 Å². The molecule has 0 radical (unpaired) electrons. The lowest BCUT2D eigenvalue weighted by Gasteiger charge is -2.37. The van der Waals surface area contributed by atoms with Crippen molar-refractivity contribution in [1.82, 2.24) is 9.88 Å². The molecule has 8 nitrogen and oxygen atoms in total. The molecule has 0 unspecified atom stereocenters. The van der Waals surface area contributed by atoms with Crippen LogP contribution in [0.25, 0.3) is 0 Å². The first-order valence-corrected chi connectivity index (χ1v) is 12.2. The molecule has 2 saturated heterocycles. The van der Waals surface area contributed by atoms with Gasteiger partial charge in [0, 0.05) is 30.0 Å². The van der Waals surface area contributed by atoms with Gasteiger partial charge in [0.1, 0.15) is 6.10 Å². The Kier molecular flexibility index (Phi) is 7.60. The van der Waals surface area contributed by atoms with Gasteiger partial charge in [0.25, 0.3) is 5.91 Å². The highest BCUT2D eigenvalue weighted by molar-refractivity contribution is 5.98. The molecule has 2 fully saturated rings. The van der Waals surface area contributed by atoms with Crippen LogP contribution in [-0.2, 0) is 14.3 Å². The van der Waals surface area contributed by atoms with Crippen LogP contribution in [0.5, 0.6) is 5.75 Å². The number of hydrogen-bond donors (Lipinski definition) is 1. The third-order valence-electron chi connectivity index (χ3n) is 7.53. The maximum atomic E-state index is 14.5. The van der Waals surface area contributed by atoms with Crippen molar-refractivity contribution < 1.29 is 41.0 Å². The molecule has 2 aliphatic heterocycles. The SMILES string of the molecule is COc1c([C@H]2[C@H](C(=O)Nc3cncc(N4C(=O)CN(C)C[C@H]4C)c3)O[C@@](C)(C(F)(F)F)[C@H]2C)ccc(F)c1F. The number of likely N-dealkylation sites (N-methyl/N-ethyl adjacent to an activating group) is 1. The smallest absolute Gasteiger partial charge is 0.417 e. The molecule has 0 aliphatic carbocycles. The molecular formula is C26H29F5N4O4. The van der Waals surface area contributed by atoms with Crippen molar-refractivity contribution in [2.75, 3.05) is 37.5 Å². The van der Waals surface area contributed by atoms with Gasteiger partial charge >= 0.3 is 6.18 Å². The standard InChI is InChI=1S/C26H29F5N4O4/c1-13-11-34(4)12-19(36)35(13)16-8-15(9-32-10-16)33-24(37)23-20(14(2)25(3,39-23)26(29,30)31)17-6-7-18(27)21(28)22(17)38-5/h6-10,13-14,20,23H,11-12H2,1-5H3,(H,33,37)/t13-,14+,20+,23-,25-/m1/s1. The lowest BCUT2D eigenvalue weighted by molar-refractivity contribution is -0.272. The van der Waals surface area contributed by atoms with E-state index in [4.69, 9.17) is 9.47 Å². The summed E-state index contributed by atoms with van der Waals surface area (Å²) >= 11 is 0. The number of methoxy groups -OCH3 is 1. The molecule has 2 aromatic rings. The molecule has 2 amide bonds. The molecule has 5 atom stereocenters. The summed E-state index contributed by atoms with van der Waals surface area (Å²) in [6.45, 7) is 4.68. The topological polar surface area (TPSA) is 84.0 Å². The first-order valence-electron chi connectivity index (χ1n) is 12.2. The van der Waals surface area contributed by atoms with Crippen molar-refractivity contribution in [2.24, 2.45) is 5.92 Å². The first kappa shape index (κ1) is 28.7. The van der Waals surface area contributed by atoms with Gasteiger partial charge in [0.05, 0.1) is 37.4 Å². The Morgan fingerprint density at radius 3 is 2.54 bits per heavy atom. The summed E-state index contributed by atoms with van der Waals surface area (Å²) in [5.41, 5.74) is -2.40. The maximum Gasteiger partial charge on any atom is 0.417 e. The Labute approximate surface area is 222 Å². The number of halogens is 5. The molecule has 1 aromatic carbocycles. The highest BCUT2D eigenvalue weighted by Crippen LogP contribution is 2.55. The minimum Gasteiger partial charge on any atom is -0.493 e. The molecule has 0 spiro atoms. The number of nitrogens with one attached hydrogen (secondary N) is 1. The lowest BCUT2D eigenvalue weighted by atomic mass is 9.77. The summed E-state index contributed by atoms with van der Waals surface area (Å²) in [7, 11) is 2.87. The Hall–Kier alpha value is -3.32. The van der Waals surface area contributed by atoms with Gasteiger partial charge in [0.2, 0.25) is 11.7 Å². The molecule has 39 heavy (non-hydrogen) atoms. The van der Waals surface area contributed by atoms with Crippen LogP contribution >= 0.6 is 0 Å². The van der Waals surface area contributed by atoms with Crippen molar-refractivity contribution in [3.63, 3.8) is 0 Å². The molecule has 4 rings (SSSR count). The van der Waals surface area contributed by atoms with Gasteiger partial charge in [-0.1, -0.05) is 13.0 Å². The zero-order valence-electron chi connectivity index (χ0n) is 22.0. The van der Waals surface area contributed by atoms with Crippen LogP contribution in [0.3, 0.4) is 0 Å². The maximum absolute atomic E-state index is 14.5. The molecule has 2 aliphatic rings. The van der Waals surface area contributed by atoms with E-state index in [0.29, 0.717) is 12.2 Å². The molecular weight excluding hydrogens is 527 g/mol. The average molecular weight is 557 g/mol. The van der Waals surface area contributed by atoms with Crippen LogP contribution in [0.2, 0.25) is 0 Å². The third kappa shape index (κ3) is 5.05. The number of ether oxygens (including phenoxy) is 2. The van der Waals surface area contributed by atoms with Crippen LogP contribution in [-0.4, -0.2) is 72.9 Å². The summed E-state index contributed by atoms with van der Waals surface area (Å²) in [5, 5.41) is 2.52. The molecule has 13 heteroatoms. The van der Waals surface area contributed by atoms with Gasteiger partial charge < -0.3 is 19.7 Å². The summed E-state index contributed by atoms with van der Waals surface area (Å²) in [5.74, 6) is -7.12. The van der Waals surface area contributed by atoms with E-state index in [9.17, 15) is 31.5 Å². The number of benzene rings is 1. The predicted octanol–water partition coefficient (Wildman–Crippen LogP) is 4.11. The van der Waals surface area contributed by atoms with E-state index in [1.807, 2.05) is 18.9 Å². The number of carbonyl (C=O) groups excluding carboxylic acids is 2. The molecule has 212 valence electrons. The second kappa shape index (κ2) is 10.3. The van der Waals surface area contributed by atoms with Crippen LogP contribution in [0.1, 0.15) is 32.3 Å². The second-order valence-corrected chi connectivity index (χ2v) is 10.2. The summed E-state index contributed by atoms with van der Waals surface area (Å²) < 4.78 is 81.3. The number of anilines is 2. The number of aromatic nitrogens is 1. The number of carbonyl (C=O) groups is 2. The van der Waals surface area contributed by atoms with Crippen molar-refractivity contribution in [3.05, 3.63) is 47.8 Å². The summed E-state index contributed by atoms with van der Waals surface area (Å²) in [6, 6.07) is 3.15. The molecule has 0 saturated carbocycles. The minimum atomic E-state index is -4.88. The summed E-state index contributed by atoms with van der Waals surface area (Å²) in [4.78, 5) is 33.6. The quantitative estimate of drug-likeness (QED) is 0.559. The summed E-state index contributed by atoms with van der Waals surface area (Å²) in [6.07, 6.45) is -3.91. The van der Waals surface area contributed by atoms with Crippen LogP contribution in [0, 0.1) is 17.6 Å². The van der Waals surface area contributed by atoms with Crippen LogP contribution in [0.4, 0.5) is 33.3 Å². The Bertz CT molecular complexity index is 1280. The van der Waals surface area contributed by atoms with E-state index in [1.165, 1.54) is 30.3 Å². The Morgan fingerprint density at radius 1 is 1.23 bits per heavy atom. The fraction of sp³-hybridized carbons (Fsp3) is 0.500. The van der Waals surface area contributed by atoms with Gasteiger partial charge in [-0.25, -0.2) is 4.39 Å². The average Bonchev–Trinajstić information content (AvgIpc) is 3.12. The fourth-order valence-electron chi connectivity index (χ4n) is 5.43. The molecule has 0 bridgehead atoms. The van der Waals surface area contributed by atoms with Crippen molar-refractivity contribution in [2.45, 2.75) is 50.6 Å². The van der Waals surface area contributed by atoms with Crippen LogP contribution < -0.4 is 15.0 Å². The zero-order chi connectivity index (χ0) is 28.9. The third-order valence-corrected chi connectivity index (χ3v) is 7.53. The van der Waals surface area contributed by atoms with E-state index in [0.717, 1.165) is 26.2 Å². The second-order valence-electron chi connectivity index (χ2n) is 10.2. The number of pyridine rings is 1. The number of alkyl halides is 3. The number of piperazine rings is 1. The number of nitrogens with zero attached hydrogens (tertiary/aromatic N) is 3. The first-order chi connectivity index (χ1) is 18.2. The van der Waals surface area contributed by atoms with Crippen molar-refractivity contribution in [3.8, 4) is 5.75 Å². The van der Waals surface area contributed by atoms with Crippen LogP contribution in [0.15, 0.2) is 30.6 Å². The largest absolute Gasteiger partial charge is 0.493 e. The number of hydrogen-bond acceptors (Lipinski definition) is 6. The van der Waals surface area contributed by atoms with E-state index < -0.39 is 53.0 Å². The van der Waals surface area contributed by atoms with Gasteiger partial charge in [-0.05, 0) is 33.0 Å². The Balaban J connectivity index is 1.69. The molecule has 1 N–H and O–H groups in total. The van der Waals surface area contributed by atoms with Crippen molar-refractivity contribution in [1.29, 1.82) is 0 Å². The number of rotatable bonds is 5. The van der Waals surface area contributed by atoms with Crippen molar-refractivity contribution >= 4 is 23.2 Å².